The van der Waals surface area contributed by atoms with Gasteiger partial charge in [0.2, 0.25) is 0 Å². The number of carboxylic acids is 2. The lowest BCUT2D eigenvalue weighted by molar-refractivity contribution is -0.144. The van der Waals surface area contributed by atoms with Gasteiger partial charge < -0.3 is 25.4 Å². The van der Waals surface area contributed by atoms with E-state index in [2.05, 4.69) is 10.3 Å². The first kappa shape index (κ1) is 20.2. The molecule has 1 aromatic rings. The summed E-state index contributed by atoms with van der Waals surface area (Å²) in [4.78, 5) is 38.4. The van der Waals surface area contributed by atoms with Gasteiger partial charge in [-0.2, -0.15) is 0 Å². The van der Waals surface area contributed by atoms with Gasteiger partial charge in [-0.25, -0.2) is 9.59 Å². The molecule has 0 spiro atoms. The third kappa shape index (κ3) is 7.51. The largest absolute Gasteiger partial charge is 0.506 e. The summed E-state index contributed by atoms with van der Waals surface area (Å²) in [6, 6.07) is 1.38. The van der Waals surface area contributed by atoms with Crippen LogP contribution in [-0.2, 0) is 20.7 Å². The second kappa shape index (κ2) is 8.32. The number of nitrogens with one attached hydrogen (secondary N) is 1. The summed E-state index contributed by atoms with van der Waals surface area (Å²) >= 11 is 0. The van der Waals surface area contributed by atoms with Crippen molar-refractivity contribution in [3.8, 4) is 5.75 Å². The molecule has 0 saturated heterocycles. The van der Waals surface area contributed by atoms with Crippen LogP contribution in [0.3, 0.4) is 0 Å². The zero-order valence-electron chi connectivity index (χ0n) is 14.2. The number of carboxylic acid groups (broad SMARTS) is 2. The van der Waals surface area contributed by atoms with Crippen LogP contribution in [0, 0.1) is 5.92 Å². The third-order valence-electron chi connectivity index (χ3n) is 3.12. The first-order valence-electron chi connectivity index (χ1n) is 7.57. The number of rotatable bonds is 7. The van der Waals surface area contributed by atoms with Gasteiger partial charge in [0, 0.05) is 12.1 Å². The minimum atomic E-state index is -1.42. The van der Waals surface area contributed by atoms with Crippen LogP contribution in [0.5, 0.6) is 5.75 Å². The van der Waals surface area contributed by atoms with Crippen molar-refractivity contribution in [2.45, 2.75) is 45.3 Å². The molecule has 2 atom stereocenters. The summed E-state index contributed by atoms with van der Waals surface area (Å²) in [6.45, 7) is 4.87. The highest BCUT2D eigenvalue weighted by Gasteiger charge is 2.30. The van der Waals surface area contributed by atoms with E-state index >= 15 is 0 Å². The van der Waals surface area contributed by atoms with Crippen molar-refractivity contribution >= 4 is 18.0 Å². The number of carbonyl (C=O) groups excluding carboxylic acids is 1. The van der Waals surface area contributed by atoms with Gasteiger partial charge in [0.1, 0.15) is 17.4 Å². The Kier molecular flexibility index (Phi) is 6.72. The molecule has 0 aliphatic rings. The third-order valence-corrected chi connectivity index (χ3v) is 3.12. The first-order valence-corrected chi connectivity index (χ1v) is 7.57. The fourth-order valence-electron chi connectivity index (χ4n) is 2.02. The Morgan fingerprint density at radius 3 is 2.28 bits per heavy atom. The number of alkyl carbamates (subject to hydrolysis) is 1. The topological polar surface area (TPSA) is 146 Å². The molecule has 4 N–H and O–H groups in total. The number of hydrogen-bond acceptors (Lipinski definition) is 6. The summed E-state index contributed by atoms with van der Waals surface area (Å²) in [5.41, 5.74) is -0.429. The summed E-state index contributed by atoms with van der Waals surface area (Å²) in [6.07, 6.45) is -0.157. The molecule has 1 aromatic heterocycles. The van der Waals surface area contributed by atoms with Crippen LogP contribution in [0.25, 0.3) is 0 Å². The molecule has 1 amide bonds. The molecular weight excluding hydrogens is 332 g/mol. The van der Waals surface area contributed by atoms with Crippen LogP contribution in [-0.4, -0.2) is 50.0 Å². The van der Waals surface area contributed by atoms with Gasteiger partial charge in [0.15, 0.2) is 0 Å². The minimum Gasteiger partial charge on any atom is -0.506 e. The molecule has 0 aromatic carbocycles. The predicted molar refractivity (Wildman–Crippen MR) is 86.1 cm³/mol. The summed E-state index contributed by atoms with van der Waals surface area (Å²) in [5, 5.41) is 29.9. The number of amides is 1. The molecule has 9 heteroatoms. The number of aliphatic carboxylic acids is 2. The first-order chi connectivity index (χ1) is 11.5. The van der Waals surface area contributed by atoms with Crippen molar-refractivity contribution in [3.63, 3.8) is 0 Å². The molecule has 138 valence electrons. The van der Waals surface area contributed by atoms with E-state index in [0.717, 1.165) is 0 Å². The lowest BCUT2D eigenvalue weighted by atomic mass is 9.94. The van der Waals surface area contributed by atoms with Crippen LogP contribution >= 0.6 is 0 Å². The maximum Gasteiger partial charge on any atom is 0.408 e. The Morgan fingerprint density at radius 1 is 1.20 bits per heavy atom. The molecule has 25 heavy (non-hydrogen) atoms. The van der Waals surface area contributed by atoms with Gasteiger partial charge in [-0.3, -0.25) is 9.78 Å². The van der Waals surface area contributed by atoms with E-state index in [-0.39, 0.29) is 18.6 Å². The fourth-order valence-corrected chi connectivity index (χ4v) is 2.02. The summed E-state index contributed by atoms with van der Waals surface area (Å²) < 4.78 is 4.99. The van der Waals surface area contributed by atoms with Crippen molar-refractivity contribution in [2.75, 3.05) is 0 Å². The van der Waals surface area contributed by atoms with Crippen LogP contribution in [0.15, 0.2) is 18.3 Å². The zero-order chi connectivity index (χ0) is 19.2. The Balaban J connectivity index is 2.80. The number of carbonyl (C=O) groups is 3. The number of aromatic hydroxyl groups is 1. The van der Waals surface area contributed by atoms with Crippen molar-refractivity contribution in [2.24, 2.45) is 5.92 Å². The normalized spacial score (nSPS) is 13.6. The molecule has 1 rings (SSSR count). The maximum absolute atomic E-state index is 11.7. The Hall–Kier alpha value is -2.84. The monoisotopic (exact) mass is 354 g/mol. The van der Waals surface area contributed by atoms with Crippen LogP contribution in [0.2, 0.25) is 0 Å². The molecule has 1 heterocycles. The van der Waals surface area contributed by atoms with Crippen molar-refractivity contribution < 1.29 is 34.4 Å². The molecular formula is C16H22N2O7. The van der Waals surface area contributed by atoms with Gasteiger partial charge in [-0.15, -0.1) is 0 Å². The Labute approximate surface area is 144 Å². The average Bonchev–Trinajstić information content (AvgIpc) is 2.45. The molecule has 0 radical (unpaired) electrons. The summed E-state index contributed by atoms with van der Waals surface area (Å²) in [7, 11) is 0. The molecule has 0 fully saturated rings. The van der Waals surface area contributed by atoms with Gasteiger partial charge in [-0.1, -0.05) is 0 Å². The highest BCUT2D eigenvalue weighted by molar-refractivity contribution is 5.81. The molecule has 9 nitrogen and oxygen atoms in total. The fraction of sp³-hybridized carbons (Fsp3) is 0.500. The molecule has 0 aliphatic carbocycles. The Bertz CT molecular complexity index is 622. The smallest absolute Gasteiger partial charge is 0.408 e. The standard InChI is InChI=1S/C16H22N2O7/c1-16(2,3)25-15(24)18-12(14(22)23)7-9(13(20)21)6-10-4-5-11(19)8-17-10/h4-5,8-9,12,19H,6-7H2,1-3H3,(H,18,24)(H,20,21)(H,22,23)/t9?,12-/m0/s1. The molecule has 0 aliphatic heterocycles. The molecule has 0 saturated carbocycles. The number of ether oxygens (including phenoxy) is 1. The number of nitrogens with zero attached hydrogens (tertiary/aromatic N) is 1. The second-order valence-corrected chi connectivity index (χ2v) is 6.52. The Morgan fingerprint density at radius 2 is 1.84 bits per heavy atom. The molecule has 1 unspecified atom stereocenters. The minimum absolute atomic E-state index is 0.0462. The van der Waals surface area contributed by atoms with Gasteiger partial charge in [0.05, 0.1) is 12.1 Å². The van der Waals surface area contributed by atoms with E-state index in [0.29, 0.717) is 5.69 Å². The lowest BCUT2D eigenvalue weighted by Crippen LogP contribution is -2.45. The van der Waals surface area contributed by atoms with Crippen LogP contribution < -0.4 is 5.32 Å². The quantitative estimate of drug-likeness (QED) is 0.574. The van der Waals surface area contributed by atoms with Gasteiger partial charge in [0.25, 0.3) is 0 Å². The van der Waals surface area contributed by atoms with Crippen molar-refractivity contribution in [1.29, 1.82) is 0 Å². The van der Waals surface area contributed by atoms with E-state index in [1.165, 1.54) is 18.3 Å². The maximum atomic E-state index is 11.7. The predicted octanol–water partition coefficient (Wildman–Crippen LogP) is 1.40. The van der Waals surface area contributed by atoms with Crippen LogP contribution in [0.4, 0.5) is 4.79 Å². The van der Waals surface area contributed by atoms with Crippen LogP contribution in [0.1, 0.15) is 32.9 Å². The zero-order valence-corrected chi connectivity index (χ0v) is 14.2. The lowest BCUT2D eigenvalue weighted by Gasteiger charge is -2.23. The second-order valence-electron chi connectivity index (χ2n) is 6.52. The van der Waals surface area contributed by atoms with Gasteiger partial charge >= 0.3 is 18.0 Å². The van der Waals surface area contributed by atoms with E-state index < -0.39 is 35.6 Å². The summed E-state index contributed by atoms with van der Waals surface area (Å²) in [5.74, 6) is -3.73. The van der Waals surface area contributed by atoms with Crippen molar-refractivity contribution in [1.82, 2.24) is 10.3 Å². The number of aromatic nitrogens is 1. The van der Waals surface area contributed by atoms with E-state index in [1.54, 1.807) is 20.8 Å². The highest BCUT2D eigenvalue weighted by atomic mass is 16.6. The van der Waals surface area contributed by atoms with E-state index in [9.17, 15) is 29.7 Å². The van der Waals surface area contributed by atoms with Gasteiger partial charge in [-0.05, 0) is 39.3 Å². The molecule has 0 bridgehead atoms. The SMILES string of the molecule is CC(C)(C)OC(=O)N[C@@H](CC(Cc1ccc(O)cn1)C(=O)O)C(=O)O. The van der Waals surface area contributed by atoms with E-state index in [1.807, 2.05) is 0 Å². The number of pyridine rings is 1. The number of hydrogen-bond donors (Lipinski definition) is 4. The van der Waals surface area contributed by atoms with Crippen molar-refractivity contribution in [3.05, 3.63) is 24.0 Å². The highest BCUT2D eigenvalue weighted by Crippen LogP contribution is 2.16. The van der Waals surface area contributed by atoms with E-state index in [4.69, 9.17) is 4.74 Å². The average molecular weight is 354 g/mol.